The summed E-state index contributed by atoms with van der Waals surface area (Å²) >= 11 is 6.10. The second-order valence-electron chi connectivity index (χ2n) is 7.19. The van der Waals surface area contributed by atoms with Crippen molar-refractivity contribution < 1.29 is 13.2 Å². The lowest BCUT2D eigenvalue weighted by Gasteiger charge is -2.35. The number of piperazine rings is 1. The third-order valence-corrected chi connectivity index (χ3v) is 7.71. The van der Waals surface area contributed by atoms with E-state index in [1.807, 2.05) is 12.1 Å². The summed E-state index contributed by atoms with van der Waals surface area (Å²) in [6, 6.07) is 10.7. The van der Waals surface area contributed by atoms with E-state index < -0.39 is 10.0 Å². The predicted octanol–water partition coefficient (Wildman–Crippen LogP) is 1.87. The summed E-state index contributed by atoms with van der Waals surface area (Å²) in [4.78, 5) is 4.39. The first-order valence-corrected chi connectivity index (χ1v) is 11.5. The zero-order valence-electron chi connectivity index (χ0n) is 16.2. The number of ether oxygens (including phenoxy) is 1. The van der Waals surface area contributed by atoms with Gasteiger partial charge in [-0.1, -0.05) is 23.7 Å². The molecule has 1 aromatic heterocycles. The lowest BCUT2D eigenvalue weighted by molar-refractivity contribution is 0.0984. The van der Waals surface area contributed by atoms with Crippen LogP contribution in [0.4, 0.5) is 11.6 Å². The van der Waals surface area contributed by atoms with Crippen LogP contribution in [0.1, 0.15) is 6.92 Å². The fourth-order valence-electron chi connectivity index (χ4n) is 3.66. The number of rotatable bonds is 4. The Hall–Kier alpha value is -1.94. The maximum atomic E-state index is 12.9. The molecule has 1 atom stereocenters. The van der Waals surface area contributed by atoms with Crippen LogP contribution in [0.5, 0.6) is 0 Å². The average Bonchev–Trinajstić information content (AvgIpc) is 2.74. The van der Waals surface area contributed by atoms with Crippen molar-refractivity contribution in [3.05, 3.63) is 41.4 Å². The largest absolute Gasteiger partial charge is 0.377 e. The Bertz CT molecular complexity index is 949. The highest BCUT2D eigenvalue weighted by Crippen LogP contribution is 2.26. The van der Waals surface area contributed by atoms with Crippen LogP contribution in [-0.4, -0.2) is 74.9 Å². The highest BCUT2D eigenvalue weighted by atomic mass is 35.5. The van der Waals surface area contributed by atoms with Crippen LogP contribution in [0.15, 0.2) is 41.3 Å². The van der Waals surface area contributed by atoms with Crippen molar-refractivity contribution in [1.29, 1.82) is 0 Å². The number of halogens is 1. The van der Waals surface area contributed by atoms with Crippen molar-refractivity contribution in [3.63, 3.8) is 0 Å². The number of benzene rings is 1. The maximum Gasteiger partial charge on any atom is 0.244 e. The maximum absolute atomic E-state index is 12.9. The first-order valence-electron chi connectivity index (χ1n) is 9.64. The fourth-order valence-corrected chi connectivity index (χ4v) is 5.57. The zero-order valence-corrected chi connectivity index (χ0v) is 17.8. The highest BCUT2D eigenvalue weighted by Gasteiger charge is 2.30. The van der Waals surface area contributed by atoms with E-state index in [2.05, 4.69) is 26.9 Å². The van der Waals surface area contributed by atoms with Crippen molar-refractivity contribution in [2.24, 2.45) is 0 Å². The first kappa shape index (κ1) is 20.3. The Morgan fingerprint density at radius 3 is 2.34 bits per heavy atom. The summed E-state index contributed by atoms with van der Waals surface area (Å²) < 4.78 is 32.7. The van der Waals surface area contributed by atoms with Gasteiger partial charge in [-0.05, 0) is 31.2 Å². The summed E-state index contributed by atoms with van der Waals surface area (Å²) in [5.41, 5.74) is 0. The van der Waals surface area contributed by atoms with Crippen LogP contribution in [0.25, 0.3) is 0 Å². The summed E-state index contributed by atoms with van der Waals surface area (Å²) in [7, 11) is -3.61. The summed E-state index contributed by atoms with van der Waals surface area (Å²) in [5.74, 6) is 1.59. The number of hydrogen-bond acceptors (Lipinski definition) is 7. The molecule has 2 aliphatic heterocycles. The quantitative estimate of drug-likeness (QED) is 0.722. The van der Waals surface area contributed by atoms with E-state index in [-0.39, 0.29) is 16.0 Å². The molecule has 29 heavy (non-hydrogen) atoms. The molecule has 0 N–H and O–H groups in total. The molecule has 0 bridgehead atoms. The molecule has 0 spiro atoms. The molecule has 3 heterocycles. The molecular formula is C19H24ClN5O3S. The molecule has 0 radical (unpaired) electrons. The molecule has 0 unspecified atom stereocenters. The van der Waals surface area contributed by atoms with Gasteiger partial charge in [-0.3, -0.25) is 0 Å². The van der Waals surface area contributed by atoms with Crippen molar-refractivity contribution >= 4 is 33.3 Å². The number of morpholine rings is 1. The van der Waals surface area contributed by atoms with E-state index in [0.717, 1.165) is 18.2 Å². The van der Waals surface area contributed by atoms with E-state index in [1.165, 1.54) is 4.31 Å². The molecule has 10 heteroatoms. The van der Waals surface area contributed by atoms with Crippen LogP contribution < -0.4 is 9.80 Å². The molecule has 0 aliphatic carbocycles. The number of nitrogens with zero attached hydrogens (tertiary/aromatic N) is 5. The molecule has 2 fully saturated rings. The van der Waals surface area contributed by atoms with Crippen molar-refractivity contribution in [2.45, 2.75) is 17.9 Å². The molecule has 0 amide bonds. The smallest absolute Gasteiger partial charge is 0.244 e. The molecule has 2 saturated heterocycles. The molecule has 1 aromatic carbocycles. The Balaban J connectivity index is 1.41. The second-order valence-corrected chi connectivity index (χ2v) is 9.50. The summed E-state index contributed by atoms with van der Waals surface area (Å²) in [5, 5.41) is 9.00. The average molecular weight is 438 g/mol. The van der Waals surface area contributed by atoms with E-state index in [4.69, 9.17) is 16.3 Å². The van der Waals surface area contributed by atoms with Crippen LogP contribution in [-0.2, 0) is 14.8 Å². The van der Waals surface area contributed by atoms with Crippen LogP contribution in [0.3, 0.4) is 0 Å². The number of sulfonamides is 1. The van der Waals surface area contributed by atoms with Gasteiger partial charge in [0.05, 0.1) is 24.3 Å². The van der Waals surface area contributed by atoms with Crippen molar-refractivity contribution in [1.82, 2.24) is 14.5 Å². The van der Waals surface area contributed by atoms with Gasteiger partial charge >= 0.3 is 0 Å². The first-order chi connectivity index (χ1) is 14.0. The molecule has 0 saturated carbocycles. The molecule has 4 rings (SSSR count). The van der Waals surface area contributed by atoms with E-state index in [1.54, 1.807) is 24.3 Å². The SMILES string of the molecule is C[C@H]1COCCN1c1ccc(N2CCN(S(=O)(=O)c3ccccc3Cl)CC2)nn1. The summed E-state index contributed by atoms with van der Waals surface area (Å²) in [6.07, 6.45) is 0. The van der Waals surface area contributed by atoms with Gasteiger partial charge < -0.3 is 14.5 Å². The lowest BCUT2D eigenvalue weighted by Crippen LogP contribution is -2.49. The van der Waals surface area contributed by atoms with E-state index >= 15 is 0 Å². The normalized spacial score (nSPS) is 21.4. The van der Waals surface area contributed by atoms with Gasteiger partial charge in [-0.25, -0.2) is 8.42 Å². The van der Waals surface area contributed by atoms with Crippen molar-refractivity contribution in [2.75, 3.05) is 55.7 Å². The fraction of sp³-hybridized carbons (Fsp3) is 0.474. The van der Waals surface area contributed by atoms with Gasteiger partial charge in [0.2, 0.25) is 10.0 Å². The topological polar surface area (TPSA) is 78.9 Å². The van der Waals surface area contributed by atoms with Gasteiger partial charge in [-0.15, -0.1) is 10.2 Å². The minimum absolute atomic E-state index is 0.152. The molecule has 2 aromatic rings. The number of anilines is 2. The van der Waals surface area contributed by atoms with Crippen LogP contribution in [0.2, 0.25) is 5.02 Å². The van der Waals surface area contributed by atoms with Gasteiger partial charge in [0.25, 0.3) is 0 Å². The molecule has 8 nitrogen and oxygen atoms in total. The standard InChI is InChI=1S/C19H24ClN5O3S/c1-15-14-28-13-12-25(15)19-7-6-18(21-22-19)23-8-10-24(11-9-23)29(26,27)17-5-3-2-4-16(17)20/h2-7,15H,8-14H2,1H3/t15-/m0/s1. The van der Waals surface area contributed by atoms with E-state index in [0.29, 0.717) is 39.4 Å². The van der Waals surface area contributed by atoms with Gasteiger partial charge in [0, 0.05) is 32.7 Å². The minimum atomic E-state index is -3.61. The third kappa shape index (κ3) is 4.18. The summed E-state index contributed by atoms with van der Waals surface area (Å²) in [6.45, 7) is 6.12. The van der Waals surface area contributed by atoms with Gasteiger partial charge in [0.1, 0.15) is 4.90 Å². The third-order valence-electron chi connectivity index (χ3n) is 5.32. The van der Waals surface area contributed by atoms with Gasteiger partial charge in [-0.2, -0.15) is 4.31 Å². The Morgan fingerprint density at radius 2 is 1.69 bits per heavy atom. The van der Waals surface area contributed by atoms with Crippen molar-refractivity contribution in [3.8, 4) is 0 Å². The monoisotopic (exact) mass is 437 g/mol. The lowest BCUT2D eigenvalue weighted by atomic mass is 10.2. The second kappa shape index (κ2) is 8.43. The Morgan fingerprint density at radius 1 is 1.00 bits per heavy atom. The van der Waals surface area contributed by atoms with Crippen LogP contribution >= 0.6 is 11.6 Å². The van der Waals surface area contributed by atoms with Gasteiger partial charge in [0.15, 0.2) is 11.6 Å². The highest BCUT2D eigenvalue weighted by molar-refractivity contribution is 7.89. The Kier molecular flexibility index (Phi) is 5.91. The minimum Gasteiger partial charge on any atom is -0.377 e. The molecular weight excluding hydrogens is 414 g/mol. The van der Waals surface area contributed by atoms with E-state index in [9.17, 15) is 8.42 Å². The molecule has 156 valence electrons. The number of hydrogen-bond donors (Lipinski definition) is 0. The molecule has 2 aliphatic rings. The Labute approximate surface area is 176 Å². The van der Waals surface area contributed by atoms with Crippen LogP contribution in [0, 0.1) is 0 Å². The number of aromatic nitrogens is 2. The predicted molar refractivity (Wildman–Crippen MR) is 112 cm³/mol. The zero-order chi connectivity index (χ0) is 20.4.